The molecule has 0 radical (unpaired) electrons. The van der Waals surface area contributed by atoms with Gasteiger partial charge in [0.25, 0.3) is 5.91 Å². The van der Waals surface area contributed by atoms with Gasteiger partial charge in [0.1, 0.15) is 11.6 Å². The molecule has 4 heterocycles. The van der Waals surface area contributed by atoms with E-state index in [1.54, 1.807) is 12.5 Å². The molecule has 0 bridgehead atoms. The Hall–Kier alpha value is -2.83. The maximum atomic E-state index is 12.8. The summed E-state index contributed by atoms with van der Waals surface area (Å²) >= 11 is 0. The van der Waals surface area contributed by atoms with Crippen molar-refractivity contribution in [1.82, 2.24) is 14.8 Å². The van der Waals surface area contributed by atoms with Gasteiger partial charge in [0, 0.05) is 51.8 Å². The van der Waals surface area contributed by atoms with Crippen LogP contribution in [0.3, 0.4) is 0 Å². The molecule has 0 aromatic carbocycles. The van der Waals surface area contributed by atoms with Gasteiger partial charge in [-0.2, -0.15) is 0 Å². The smallest absolute Gasteiger partial charge is 0.255 e. The lowest BCUT2D eigenvalue weighted by Crippen LogP contribution is -2.41. The molecular formula is C22H28N4O3. The molecule has 2 aliphatic heterocycles. The third-order valence-corrected chi connectivity index (χ3v) is 5.82. The molecule has 7 nitrogen and oxygen atoms in total. The first-order valence-electron chi connectivity index (χ1n) is 10.5. The van der Waals surface area contributed by atoms with Crippen LogP contribution in [0, 0.1) is 5.92 Å². The zero-order valence-corrected chi connectivity index (χ0v) is 16.7. The molecule has 29 heavy (non-hydrogen) atoms. The minimum Gasteiger partial charge on any atom is -0.469 e. The van der Waals surface area contributed by atoms with Crippen molar-refractivity contribution in [1.29, 1.82) is 0 Å². The summed E-state index contributed by atoms with van der Waals surface area (Å²) in [5, 5.41) is 3.24. The van der Waals surface area contributed by atoms with Gasteiger partial charge >= 0.3 is 0 Å². The molecule has 7 heteroatoms. The molecule has 154 valence electrons. The summed E-state index contributed by atoms with van der Waals surface area (Å²) in [5.74, 6) is 2.51. The zero-order chi connectivity index (χ0) is 20.1. The van der Waals surface area contributed by atoms with Crippen LogP contribution in [0.15, 0.2) is 41.1 Å². The van der Waals surface area contributed by atoms with Gasteiger partial charge in [-0.3, -0.25) is 9.59 Å². The number of amides is 2. The van der Waals surface area contributed by atoms with Gasteiger partial charge in [0.05, 0.1) is 11.8 Å². The van der Waals surface area contributed by atoms with Gasteiger partial charge in [-0.15, -0.1) is 0 Å². The quantitative estimate of drug-likeness (QED) is 0.779. The van der Waals surface area contributed by atoms with Crippen LogP contribution in [0.4, 0.5) is 5.82 Å². The van der Waals surface area contributed by atoms with E-state index in [2.05, 4.69) is 10.3 Å². The summed E-state index contributed by atoms with van der Waals surface area (Å²) in [6.45, 7) is 3.95. The van der Waals surface area contributed by atoms with E-state index in [-0.39, 0.29) is 11.8 Å². The van der Waals surface area contributed by atoms with Crippen LogP contribution in [0.5, 0.6) is 0 Å². The van der Waals surface area contributed by atoms with Crippen LogP contribution in [-0.2, 0) is 11.2 Å². The van der Waals surface area contributed by atoms with Crippen LogP contribution >= 0.6 is 0 Å². The lowest BCUT2D eigenvalue weighted by atomic mass is 9.96. The molecule has 2 saturated heterocycles. The lowest BCUT2D eigenvalue weighted by molar-refractivity contribution is -0.128. The number of rotatable bonds is 7. The van der Waals surface area contributed by atoms with Crippen molar-refractivity contribution >= 4 is 17.6 Å². The summed E-state index contributed by atoms with van der Waals surface area (Å²) in [5.41, 5.74) is 0.620. The number of pyridine rings is 1. The Labute approximate surface area is 171 Å². The first-order valence-corrected chi connectivity index (χ1v) is 10.5. The fraction of sp³-hybridized carbons (Fsp3) is 0.500. The number of aromatic nitrogens is 1. The minimum atomic E-state index is 0.0373. The number of hydrogen-bond acceptors (Lipinski definition) is 5. The Morgan fingerprint density at radius 1 is 1.21 bits per heavy atom. The Bertz CT molecular complexity index is 811. The van der Waals surface area contributed by atoms with Crippen molar-refractivity contribution in [2.24, 2.45) is 5.92 Å². The van der Waals surface area contributed by atoms with Crippen molar-refractivity contribution in [2.75, 3.05) is 38.0 Å². The number of furan rings is 1. The second kappa shape index (κ2) is 9.11. The Kier molecular flexibility index (Phi) is 6.12. The van der Waals surface area contributed by atoms with E-state index in [1.807, 2.05) is 34.1 Å². The number of carbonyl (C=O) groups is 2. The number of anilines is 1. The van der Waals surface area contributed by atoms with Gasteiger partial charge in [0.15, 0.2) is 0 Å². The molecule has 4 rings (SSSR count). The monoisotopic (exact) mass is 396 g/mol. The van der Waals surface area contributed by atoms with Crippen LogP contribution < -0.4 is 5.32 Å². The van der Waals surface area contributed by atoms with Gasteiger partial charge in [-0.05, 0) is 49.4 Å². The van der Waals surface area contributed by atoms with E-state index in [0.29, 0.717) is 17.9 Å². The Balaban J connectivity index is 1.22. The van der Waals surface area contributed by atoms with Gasteiger partial charge in [-0.1, -0.05) is 0 Å². The van der Waals surface area contributed by atoms with Crippen molar-refractivity contribution in [3.63, 3.8) is 0 Å². The van der Waals surface area contributed by atoms with E-state index in [9.17, 15) is 9.59 Å². The predicted octanol–water partition coefficient (Wildman–Crippen LogP) is 2.80. The van der Waals surface area contributed by atoms with Gasteiger partial charge in [0.2, 0.25) is 5.91 Å². The fourth-order valence-corrected chi connectivity index (χ4v) is 4.10. The minimum absolute atomic E-state index is 0.0373. The molecule has 2 fully saturated rings. The first-order chi connectivity index (χ1) is 14.2. The molecule has 2 aliphatic rings. The number of piperidine rings is 1. The van der Waals surface area contributed by atoms with Gasteiger partial charge in [-0.25, -0.2) is 4.98 Å². The molecule has 0 atom stereocenters. The topological polar surface area (TPSA) is 78.7 Å². The molecule has 2 aromatic rings. The molecule has 0 unspecified atom stereocenters. The normalized spacial score (nSPS) is 17.7. The van der Waals surface area contributed by atoms with Crippen molar-refractivity contribution < 1.29 is 14.0 Å². The van der Waals surface area contributed by atoms with Crippen molar-refractivity contribution in [3.8, 4) is 0 Å². The van der Waals surface area contributed by atoms with E-state index in [0.717, 1.165) is 70.0 Å². The van der Waals surface area contributed by atoms with E-state index in [4.69, 9.17) is 4.42 Å². The molecule has 0 saturated carbocycles. The largest absolute Gasteiger partial charge is 0.469 e. The molecule has 0 spiro atoms. The van der Waals surface area contributed by atoms with Crippen LogP contribution in [0.2, 0.25) is 0 Å². The summed E-state index contributed by atoms with van der Waals surface area (Å²) < 4.78 is 5.31. The summed E-state index contributed by atoms with van der Waals surface area (Å²) in [6, 6.07) is 7.51. The highest BCUT2D eigenvalue weighted by Crippen LogP contribution is 2.22. The molecule has 0 aliphatic carbocycles. The highest BCUT2D eigenvalue weighted by molar-refractivity contribution is 5.94. The predicted molar refractivity (Wildman–Crippen MR) is 110 cm³/mol. The second-order valence-electron chi connectivity index (χ2n) is 7.87. The lowest BCUT2D eigenvalue weighted by Gasteiger charge is -2.34. The highest BCUT2D eigenvalue weighted by atomic mass is 16.3. The van der Waals surface area contributed by atoms with E-state index < -0.39 is 0 Å². The van der Waals surface area contributed by atoms with Crippen LogP contribution in [0.1, 0.15) is 41.8 Å². The zero-order valence-electron chi connectivity index (χ0n) is 16.7. The Morgan fingerprint density at radius 2 is 2.07 bits per heavy atom. The number of hydrogen-bond donors (Lipinski definition) is 1. The summed E-state index contributed by atoms with van der Waals surface area (Å²) in [7, 11) is 0. The maximum absolute atomic E-state index is 12.8. The highest BCUT2D eigenvalue weighted by Gasteiger charge is 2.28. The van der Waals surface area contributed by atoms with Gasteiger partial charge < -0.3 is 19.5 Å². The fourth-order valence-electron chi connectivity index (χ4n) is 4.10. The molecule has 1 N–H and O–H groups in total. The van der Waals surface area contributed by atoms with E-state index in [1.165, 1.54) is 0 Å². The average Bonchev–Trinajstić information content (AvgIpc) is 3.41. The number of likely N-dealkylation sites (tertiary alicyclic amines) is 2. The number of nitrogens with zero attached hydrogens (tertiary/aromatic N) is 3. The van der Waals surface area contributed by atoms with E-state index >= 15 is 0 Å². The molecular weight excluding hydrogens is 368 g/mol. The SMILES string of the molecule is O=C1CCCN1CC1CCN(C(=O)c2ccc(NCCc3ccco3)nc2)CC1. The molecule has 2 amide bonds. The Morgan fingerprint density at radius 3 is 2.72 bits per heavy atom. The summed E-state index contributed by atoms with van der Waals surface area (Å²) in [4.78, 5) is 32.8. The third kappa shape index (κ3) is 4.96. The number of nitrogens with one attached hydrogen (secondary N) is 1. The van der Waals surface area contributed by atoms with Crippen LogP contribution in [-0.4, -0.2) is 59.3 Å². The molecule has 2 aromatic heterocycles. The summed E-state index contributed by atoms with van der Waals surface area (Å²) in [6.07, 6.45) is 7.68. The third-order valence-electron chi connectivity index (χ3n) is 5.82. The first kappa shape index (κ1) is 19.5. The van der Waals surface area contributed by atoms with Crippen molar-refractivity contribution in [2.45, 2.75) is 32.1 Å². The van der Waals surface area contributed by atoms with Crippen molar-refractivity contribution in [3.05, 3.63) is 48.0 Å². The maximum Gasteiger partial charge on any atom is 0.255 e. The van der Waals surface area contributed by atoms with Crippen LogP contribution in [0.25, 0.3) is 0 Å². The second-order valence-corrected chi connectivity index (χ2v) is 7.87. The standard InChI is InChI=1S/C22H28N4O3/c27-21-4-1-11-26(21)16-17-8-12-25(13-9-17)22(28)18-5-6-20(24-15-18)23-10-7-19-3-2-14-29-19/h2-3,5-6,14-15,17H,1,4,7-13,16H2,(H,23,24). The average molecular weight is 396 g/mol. The number of carbonyl (C=O) groups excluding carboxylic acids is 2.